The van der Waals surface area contributed by atoms with Crippen LogP contribution in [0.1, 0.15) is 32.6 Å². The minimum atomic E-state index is 0.488. The molecule has 1 heterocycles. The molecule has 14 heavy (non-hydrogen) atoms. The van der Waals surface area contributed by atoms with E-state index >= 15 is 0 Å². The highest BCUT2D eigenvalue weighted by atomic mass is 15.1. The zero-order chi connectivity index (χ0) is 10.1. The molecule has 0 aromatic carbocycles. The highest BCUT2D eigenvalue weighted by molar-refractivity contribution is 5.85. The van der Waals surface area contributed by atoms with Crippen LogP contribution in [0.3, 0.4) is 0 Å². The van der Waals surface area contributed by atoms with E-state index in [1.165, 1.54) is 25.7 Å². The lowest BCUT2D eigenvalue weighted by Crippen LogP contribution is -2.40. The quantitative estimate of drug-likeness (QED) is 0.532. The molecule has 3 nitrogen and oxygen atoms in total. The molecule has 1 aliphatic heterocycles. The molecule has 2 rings (SSSR count). The predicted molar refractivity (Wildman–Crippen MR) is 59.5 cm³/mol. The second-order valence-electron chi connectivity index (χ2n) is 4.84. The molecule has 1 aliphatic carbocycles. The van der Waals surface area contributed by atoms with Gasteiger partial charge in [0.1, 0.15) is 0 Å². The van der Waals surface area contributed by atoms with Crippen molar-refractivity contribution in [3.05, 3.63) is 0 Å². The Morgan fingerprint density at radius 3 is 2.64 bits per heavy atom. The zero-order valence-corrected chi connectivity index (χ0v) is 9.24. The molecule has 3 heteroatoms. The van der Waals surface area contributed by atoms with Crippen molar-refractivity contribution in [2.45, 2.75) is 44.7 Å². The van der Waals surface area contributed by atoms with Crippen LogP contribution in [0.5, 0.6) is 0 Å². The maximum atomic E-state index is 5.93. The molecule has 0 amide bonds. The van der Waals surface area contributed by atoms with Crippen molar-refractivity contribution >= 4 is 5.84 Å². The Kier molecular flexibility index (Phi) is 2.77. The highest BCUT2D eigenvalue weighted by Gasteiger charge is 2.28. The van der Waals surface area contributed by atoms with E-state index in [0.717, 1.165) is 12.4 Å². The van der Waals surface area contributed by atoms with Crippen LogP contribution in [0.25, 0.3) is 0 Å². The smallest absolute Gasteiger partial charge is 0.0971 e. The summed E-state index contributed by atoms with van der Waals surface area (Å²) in [6, 6.07) is 1.14. The molecule has 0 spiro atoms. The molecular weight excluding hydrogens is 174 g/mol. The average molecular weight is 195 g/mol. The summed E-state index contributed by atoms with van der Waals surface area (Å²) in [5, 5.41) is 0. The van der Waals surface area contributed by atoms with Crippen molar-refractivity contribution < 1.29 is 0 Å². The lowest BCUT2D eigenvalue weighted by Gasteiger charge is -2.33. The van der Waals surface area contributed by atoms with Gasteiger partial charge in [0.25, 0.3) is 0 Å². The molecule has 2 fully saturated rings. The fraction of sp³-hybridized carbons (Fsp3) is 0.909. The molecular formula is C11H21N3. The second-order valence-corrected chi connectivity index (χ2v) is 4.84. The van der Waals surface area contributed by atoms with E-state index < -0.39 is 0 Å². The van der Waals surface area contributed by atoms with Gasteiger partial charge in [-0.25, -0.2) is 0 Å². The molecule has 0 aromatic heterocycles. The number of aliphatic imine (C=N–C) groups is 1. The predicted octanol–water partition coefficient (Wildman–Crippen LogP) is 1.24. The maximum absolute atomic E-state index is 5.93. The summed E-state index contributed by atoms with van der Waals surface area (Å²) in [6.07, 6.45) is 4.87. The van der Waals surface area contributed by atoms with Gasteiger partial charge in [-0.05, 0) is 39.7 Å². The number of nitrogens with two attached hydrogens (primary N) is 1. The first-order valence-electron chi connectivity index (χ1n) is 5.70. The lowest BCUT2D eigenvalue weighted by atomic mass is 9.99. The van der Waals surface area contributed by atoms with Crippen molar-refractivity contribution in [1.29, 1.82) is 0 Å². The van der Waals surface area contributed by atoms with Crippen molar-refractivity contribution in [2.24, 2.45) is 16.6 Å². The van der Waals surface area contributed by atoms with Gasteiger partial charge in [0.05, 0.1) is 11.9 Å². The van der Waals surface area contributed by atoms with Gasteiger partial charge in [-0.15, -0.1) is 0 Å². The Bertz CT molecular complexity index is 233. The summed E-state index contributed by atoms with van der Waals surface area (Å²) in [7, 11) is 2.19. The molecule has 0 bridgehead atoms. The number of piperidine rings is 1. The van der Waals surface area contributed by atoms with Crippen LogP contribution < -0.4 is 5.73 Å². The van der Waals surface area contributed by atoms with Crippen molar-refractivity contribution in [2.75, 3.05) is 13.6 Å². The number of hydrogen-bond donors (Lipinski definition) is 1. The summed E-state index contributed by atoms with van der Waals surface area (Å²) >= 11 is 0. The van der Waals surface area contributed by atoms with Crippen molar-refractivity contribution in [3.8, 4) is 0 Å². The van der Waals surface area contributed by atoms with Gasteiger partial charge in [-0.1, -0.05) is 0 Å². The molecule has 0 aromatic rings. The van der Waals surface area contributed by atoms with Gasteiger partial charge in [-0.3, -0.25) is 4.99 Å². The highest BCUT2D eigenvalue weighted by Crippen LogP contribution is 2.30. The minimum absolute atomic E-state index is 0.488. The Balaban J connectivity index is 1.89. The summed E-state index contributed by atoms with van der Waals surface area (Å²) in [6.45, 7) is 3.43. The first-order chi connectivity index (χ1) is 6.66. The van der Waals surface area contributed by atoms with Gasteiger partial charge < -0.3 is 10.6 Å². The molecule has 1 saturated heterocycles. The molecule has 2 N–H and O–H groups in total. The van der Waals surface area contributed by atoms with Crippen LogP contribution in [0.2, 0.25) is 0 Å². The summed E-state index contributed by atoms with van der Waals surface area (Å²) < 4.78 is 0. The molecule has 80 valence electrons. The monoisotopic (exact) mass is 195 g/mol. The topological polar surface area (TPSA) is 41.6 Å². The molecule has 2 aliphatic rings. The first kappa shape index (κ1) is 9.97. The SMILES string of the molecule is CC1CC(N=C(N)C2CC2)CCN1C. The largest absolute Gasteiger partial charge is 0.387 e. The van der Waals surface area contributed by atoms with Gasteiger partial charge in [-0.2, -0.15) is 0 Å². The Morgan fingerprint density at radius 2 is 2.07 bits per heavy atom. The summed E-state index contributed by atoms with van der Waals surface area (Å²) in [5.74, 6) is 1.55. The standard InChI is InChI=1S/C11H21N3/c1-8-7-10(5-6-14(8)2)13-11(12)9-3-4-9/h8-10H,3-7H2,1-2H3,(H2,12,13). The Hall–Kier alpha value is -0.570. The molecule has 2 atom stereocenters. The van der Waals surface area contributed by atoms with E-state index in [9.17, 15) is 0 Å². The van der Waals surface area contributed by atoms with Crippen LogP contribution in [0, 0.1) is 5.92 Å². The van der Waals surface area contributed by atoms with Crippen LogP contribution in [0.15, 0.2) is 4.99 Å². The van der Waals surface area contributed by atoms with Crippen LogP contribution in [-0.4, -0.2) is 36.4 Å². The molecule has 0 radical (unpaired) electrons. The van der Waals surface area contributed by atoms with E-state index in [1.54, 1.807) is 0 Å². The molecule has 2 unspecified atom stereocenters. The van der Waals surface area contributed by atoms with Gasteiger partial charge in [0.15, 0.2) is 0 Å². The number of likely N-dealkylation sites (tertiary alicyclic amines) is 1. The lowest BCUT2D eigenvalue weighted by molar-refractivity contribution is 0.184. The van der Waals surface area contributed by atoms with E-state index in [4.69, 9.17) is 5.73 Å². The second kappa shape index (κ2) is 3.89. The third-order valence-corrected chi connectivity index (χ3v) is 3.51. The molecule has 1 saturated carbocycles. The summed E-state index contributed by atoms with van der Waals surface area (Å²) in [5.41, 5.74) is 5.93. The van der Waals surface area contributed by atoms with Crippen molar-refractivity contribution in [3.63, 3.8) is 0 Å². The van der Waals surface area contributed by atoms with Crippen LogP contribution in [0.4, 0.5) is 0 Å². The Morgan fingerprint density at radius 1 is 1.36 bits per heavy atom. The van der Waals surface area contributed by atoms with Crippen LogP contribution in [-0.2, 0) is 0 Å². The average Bonchev–Trinajstić information content (AvgIpc) is 2.94. The van der Waals surface area contributed by atoms with E-state index in [2.05, 4.69) is 23.9 Å². The number of nitrogens with zero attached hydrogens (tertiary/aromatic N) is 2. The normalized spacial score (nSPS) is 36.0. The number of amidine groups is 1. The van der Waals surface area contributed by atoms with E-state index in [1.807, 2.05) is 0 Å². The minimum Gasteiger partial charge on any atom is -0.387 e. The third kappa shape index (κ3) is 2.27. The summed E-state index contributed by atoms with van der Waals surface area (Å²) in [4.78, 5) is 7.05. The van der Waals surface area contributed by atoms with Crippen molar-refractivity contribution in [1.82, 2.24) is 4.90 Å². The first-order valence-corrected chi connectivity index (χ1v) is 5.70. The Labute approximate surface area is 86.4 Å². The van der Waals surface area contributed by atoms with E-state index in [-0.39, 0.29) is 0 Å². The fourth-order valence-corrected chi connectivity index (χ4v) is 2.08. The number of hydrogen-bond acceptors (Lipinski definition) is 2. The van der Waals surface area contributed by atoms with Gasteiger partial charge in [0, 0.05) is 18.5 Å². The number of rotatable bonds is 2. The fourth-order valence-electron chi connectivity index (χ4n) is 2.08. The zero-order valence-electron chi connectivity index (χ0n) is 9.24. The van der Waals surface area contributed by atoms with Crippen LogP contribution >= 0.6 is 0 Å². The van der Waals surface area contributed by atoms with E-state index in [0.29, 0.717) is 18.0 Å². The van der Waals surface area contributed by atoms with Gasteiger partial charge >= 0.3 is 0 Å². The third-order valence-electron chi connectivity index (χ3n) is 3.51. The van der Waals surface area contributed by atoms with Gasteiger partial charge in [0.2, 0.25) is 0 Å². The maximum Gasteiger partial charge on any atom is 0.0971 e.